The average Bonchev–Trinajstić information content (AvgIpc) is 2.92. The van der Waals surface area contributed by atoms with Gasteiger partial charge in [-0.2, -0.15) is 0 Å². The van der Waals surface area contributed by atoms with E-state index in [9.17, 15) is 0 Å². The average molecular weight is 310 g/mol. The SMILES string of the molecule is COc1ccc2cc(CN(C)C3CC4CCC(C3)N4)ccc2c1. The van der Waals surface area contributed by atoms with Crippen LogP contribution in [0.5, 0.6) is 5.75 Å². The second kappa shape index (κ2) is 6.14. The maximum absolute atomic E-state index is 5.31. The van der Waals surface area contributed by atoms with Crippen LogP contribution < -0.4 is 10.1 Å². The minimum absolute atomic E-state index is 0.723. The van der Waals surface area contributed by atoms with Crippen molar-refractivity contribution in [2.75, 3.05) is 14.2 Å². The molecule has 2 aliphatic heterocycles. The monoisotopic (exact) mass is 310 g/mol. The zero-order valence-corrected chi connectivity index (χ0v) is 14.1. The summed E-state index contributed by atoms with van der Waals surface area (Å²) in [6.45, 7) is 1.03. The molecule has 0 amide bonds. The van der Waals surface area contributed by atoms with Crippen LogP contribution in [0.4, 0.5) is 0 Å². The maximum Gasteiger partial charge on any atom is 0.119 e. The lowest BCUT2D eigenvalue weighted by Crippen LogP contribution is -2.46. The van der Waals surface area contributed by atoms with Crippen LogP contribution in [0.3, 0.4) is 0 Å². The van der Waals surface area contributed by atoms with Crippen LogP contribution in [-0.4, -0.2) is 37.2 Å². The van der Waals surface area contributed by atoms with E-state index in [1.54, 1.807) is 7.11 Å². The van der Waals surface area contributed by atoms with E-state index in [1.807, 2.05) is 6.07 Å². The molecule has 0 aliphatic carbocycles. The van der Waals surface area contributed by atoms with Crippen molar-refractivity contribution in [3.63, 3.8) is 0 Å². The van der Waals surface area contributed by atoms with Gasteiger partial charge in [-0.05, 0) is 67.3 Å². The van der Waals surface area contributed by atoms with Gasteiger partial charge in [-0.15, -0.1) is 0 Å². The van der Waals surface area contributed by atoms with Gasteiger partial charge in [-0.1, -0.05) is 18.2 Å². The number of nitrogens with zero attached hydrogens (tertiary/aromatic N) is 1. The largest absolute Gasteiger partial charge is 0.497 e. The molecular weight excluding hydrogens is 284 g/mol. The summed E-state index contributed by atoms with van der Waals surface area (Å²) in [6.07, 6.45) is 5.34. The number of nitrogens with one attached hydrogen (secondary N) is 1. The van der Waals surface area contributed by atoms with Gasteiger partial charge in [0.25, 0.3) is 0 Å². The van der Waals surface area contributed by atoms with Crippen molar-refractivity contribution < 1.29 is 4.74 Å². The maximum atomic E-state index is 5.31. The fourth-order valence-corrected chi connectivity index (χ4v) is 4.30. The first-order chi connectivity index (χ1) is 11.2. The molecule has 2 bridgehead atoms. The summed E-state index contributed by atoms with van der Waals surface area (Å²) in [4.78, 5) is 2.55. The third-order valence-electron chi connectivity index (χ3n) is 5.62. The van der Waals surface area contributed by atoms with Crippen molar-refractivity contribution in [2.24, 2.45) is 0 Å². The number of hydrogen-bond acceptors (Lipinski definition) is 3. The van der Waals surface area contributed by atoms with E-state index in [0.29, 0.717) is 0 Å². The van der Waals surface area contributed by atoms with E-state index >= 15 is 0 Å². The Morgan fingerprint density at radius 3 is 2.48 bits per heavy atom. The van der Waals surface area contributed by atoms with Gasteiger partial charge in [-0.25, -0.2) is 0 Å². The first-order valence-corrected chi connectivity index (χ1v) is 8.74. The lowest BCUT2D eigenvalue weighted by Gasteiger charge is -2.35. The van der Waals surface area contributed by atoms with Crippen molar-refractivity contribution in [3.8, 4) is 5.75 Å². The second-order valence-corrected chi connectivity index (χ2v) is 7.23. The number of ether oxygens (including phenoxy) is 1. The van der Waals surface area contributed by atoms with Crippen molar-refractivity contribution >= 4 is 10.8 Å². The normalized spacial score (nSPS) is 26.8. The highest BCUT2D eigenvalue weighted by Gasteiger charge is 2.34. The molecular formula is C20H26N2O. The molecule has 3 heteroatoms. The van der Waals surface area contributed by atoms with Gasteiger partial charge in [0.2, 0.25) is 0 Å². The van der Waals surface area contributed by atoms with Crippen molar-refractivity contribution in [1.82, 2.24) is 10.2 Å². The fourth-order valence-electron chi connectivity index (χ4n) is 4.30. The Balaban J connectivity index is 1.48. The lowest BCUT2D eigenvalue weighted by molar-refractivity contribution is 0.166. The molecule has 23 heavy (non-hydrogen) atoms. The predicted molar refractivity (Wildman–Crippen MR) is 94.9 cm³/mol. The van der Waals surface area contributed by atoms with E-state index < -0.39 is 0 Å². The first kappa shape index (κ1) is 15.0. The molecule has 2 unspecified atom stereocenters. The van der Waals surface area contributed by atoms with Gasteiger partial charge < -0.3 is 10.1 Å². The summed E-state index contributed by atoms with van der Waals surface area (Å²) in [6, 6.07) is 15.3. The quantitative estimate of drug-likeness (QED) is 0.934. The molecule has 2 atom stereocenters. The Morgan fingerprint density at radius 2 is 1.74 bits per heavy atom. The summed E-state index contributed by atoms with van der Waals surface area (Å²) in [5.74, 6) is 0.924. The Bertz CT molecular complexity index is 687. The van der Waals surface area contributed by atoms with Crippen LogP contribution in [0.1, 0.15) is 31.2 Å². The van der Waals surface area contributed by atoms with Crippen LogP contribution in [-0.2, 0) is 6.54 Å². The highest BCUT2D eigenvalue weighted by Crippen LogP contribution is 2.30. The van der Waals surface area contributed by atoms with E-state index in [0.717, 1.165) is 30.4 Å². The van der Waals surface area contributed by atoms with Gasteiger partial charge in [0.15, 0.2) is 0 Å². The number of fused-ring (bicyclic) bond motifs is 3. The van der Waals surface area contributed by atoms with E-state index in [2.05, 4.69) is 47.6 Å². The molecule has 2 fully saturated rings. The minimum Gasteiger partial charge on any atom is -0.497 e. The minimum atomic E-state index is 0.723. The van der Waals surface area contributed by atoms with Gasteiger partial charge in [0, 0.05) is 24.7 Å². The summed E-state index contributed by atoms with van der Waals surface area (Å²) < 4.78 is 5.31. The fraction of sp³-hybridized carbons (Fsp3) is 0.500. The summed E-state index contributed by atoms with van der Waals surface area (Å²) in [5, 5.41) is 6.28. The van der Waals surface area contributed by atoms with Gasteiger partial charge in [0.1, 0.15) is 5.75 Å². The summed E-state index contributed by atoms with van der Waals surface area (Å²) in [5.41, 5.74) is 1.40. The molecule has 3 nitrogen and oxygen atoms in total. The smallest absolute Gasteiger partial charge is 0.119 e. The number of benzene rings is 2. The van der Waals surface area contributed by atoms with Crippen LogP contribution >= 0.6 is 0 Å². The Kier molecular flexibility index (Phi) is 4.00. The topological polar surface area (TPSA) is 24.5 Å². The zero-order chi connectivity index (χ0) is 15.8. The highest BCUT2D eigenvalue weighted by molar-refractivity contribution is 5.84. The van der Waals surface area contributed by atoms with Crippen LogP contribution in [0.25, 0.3) is 10.8 Å². The zero-order valence-electron chi connectivity index (χ0n) is 14.1. The van der Waals surface area contributed by atoms with Crippen LogP contribution in [0.15, 0.2) is 36.4 Å². The number of rotatable bonds is 4. The highest BCUT2D eigenvalue weighted by atomic mass is 16.5. The molecule has 2 aliphatic rings. The van der Waals surface area contributed by atoms with E-state index in [-0.39, 0.29) is 0 Å². The molecule has 0 radical (unpaired) electrons. The van der Waals surface area contributed by atoms with Gasteiger partial charge >= 0.3 is 0 Å². The number of piperidine rings is 1. The second-order valence-electron chi connectivity index (χ2n) is 7.23. The molecule has 0 spiro atoms. The molecule has 2 aromatic rings. The van der Waals surface area contributed by atoms with Crippen LogP contribution in [0.2, 0.25) is 0 Å². The first-order valence-electron chi connectivity index (χ1n) is 8.74. The molecule has 0 aromatic heterocycles. The molecule has 2 aromatic carbocycles. The predicted octanol–water partition coefficient (Wildman–Crippen LogP) is 3.56. The van der Waals surface area contributed by atoms with Crippen molar-refractivity contribution in [1.29, 1.82) is 0 Å². The van der Waals surface area contributed by atoms with Gasteiger partial charge in [-0.3, -0.25) is 4.90 Å². The molecule has 122 valence electrons. The molecule has 2 saturated heterocycles. The third-order valence-corrected chi connectivity index (χ3v) is 5.62. The molecule has 1 N–H and O–H groups in total. The van der Waals surface area contributed by atoms with Gasteiger partial charge in [0.05, 0.1) is 7.11 Å². The number of methoxy groups -OCH3 is 1. The Morgan fingerprint density at radius 1 is 1.04 bits per heavy atom. The number of hydrogen-bond donors (Lipinski definition) is 1. The van der Waals surface area contributed by atoms with E-state index in [1.165, 1.54) is 42.0 Å². The van der Waals surface area contributed by atoms with Crippen LogP contribution in [0, 0.1) is 0 Å². The van der Waals surface area contributed by atoms with Crippen molar-refractivity contribution in [3.05, 3.63) is 42.0 Å². The molecule has 0 saturated carbocycles. The van der Waals surface area contributed by atoms with Crippen molar-refractivity contribution in [2.45, 2.75) is 50.4 Å². The Hall–Kier alpha value is -1.58. The molecule has 4 rings (SSSR count). The van der Waals surface area contributed by atoms with E-state index in [4.69, 9.17) is 4.74 Å². The standard InChI is InChI=1S/C20H26N2O/c1-22(19-11-17-6-7-18(12-19)21-17)13-14-3-4-16-10-20(23-2)8-5-15(16)9-14/h3-5,8-10,17-19,21H,6-7,11-13H2,1-2H3. The Labute approximate surface area is 138 Å². The third kappa shape index (κ3) is 3.08. The summed E-state index contributed by atoms with van der Waals surface area (Å²) >= 11 is 0. The lowest BCUT2D eigenvalue weighted by atomic mass is 9.98. The summed E-state index contributed by atoms with van der Waals surface area (Å²) in [7, 11) is 4.00. The molecule has 2 heterocycles.